The van der Waals surface area contributed by atoms with Crippen molar-refractivity contribution in [1.82, 2.24) is 4.98 Å². The molecule has 0 atom stereocenters. The van der Waals surface area contributed by atoms with E-state index >= 15 is 0 Å². The van der Waals surface area contributed by atoms with Gasteiger partial charge in [-0.3, -0.25) is 9.79 Å². The highest BCUT2D eigenvalue weighted by Gasteiger charge is 2.17. The molecule has 152 valence electrons. The number of benzene rings is 1. The van der Waals surface area contributed by atoms with Crippen molar-refractivity contribution in [2.24, 2.45) is 4.99 Å². The molecule has 2 rings (SSSR count). The Bertz CT molecular complexity index is 1150. The number of aromatic nitrogens is 1. The number of ether oxygens (including phenoxy) is 2. The van der Waals surface area contributed by atoms with E-state index in [1.165, 1.54) is 25.4 Å². The summed E-state index contributed by atoms with van der Waals surface area (Å²) in [4.78, 5) is 31.3. The van der Waals surface area contributed by atoms with E-state index in [1.54, 1.807) is 32.0 Å². The van der Waals surface area contributed by atoms with Crippen LogP contribution in [0.3, 0.4) is 0 Å². The summed E-state index contributed by atoms with van der Waals surface area (Å²) in [5, 5.41) is 17.7. The maximum Gasteiger partial charge on any atom is 0.340 e. The van der Waals surface area contributed by atoms with Crippen LogP contribution in [-0.4, -0.2) is 30.4 Å². The summed E-state index contributed by atoms with van der Waals surface area (Å²) in [6.07, 6.45) is 3.13. The van der Waals surface area contributed by atoms with Crippen LogP contribution in [0, 0.1) is 29.6 Å². The Morgan fingerprint density at radius 3 is 2.73 bits per heavy atom. The largest absolute Gasteiger partial charge is 0.496 e. The molecule has 0 aliphatic heterocycles. The first-order valence-electron chi connectivity index (χ1n) is 8.98. The first-order valence-corrected chi connectivity index (χ1v) is 8.98. The summed E-state index contributed by atoms with van der Waals surface area (Å²) in [5.41, 5.74) is 2.23. The van der Waals surface area contributed by atoms with Crippen molar-refractivity contribution in [3.8, 4) is 17.9 Å². The minimum Gasteiger partial charge on any atom is -0.496 e. The quantitative estimate of drug-likeness (QED) is 0.327. The number of hydrogen-bond acceptors (Lipinski definition) is 7. The van der Waals surface area contributed by atoms with Crippen LogP contribution in [0.4, 0.5) is 5.69 Å². The monoisotopic (exact) mass is 404 g/mol. The Morgan fingerprint density at radius 2 is 2.07 bits per heavy atom. The van der Waals surface area contributed by atoms with Crippen LogP contribution in [0.1, 0.15) is 30.0 Å². The summed E-state index contributed by atoms with van der Waals surface area (Å²) >= 11 is 0. The molecule has 0 radical (unpaired) electrons. The SMILES string of the molecule is COc1cc(C#N)ccc1/C=C(\C(=O)OCCC#N)C(C)=Nc1cc(=O)[nH]cc1C. The van der Waals surface area contributed by atoms with Gasteiger partial charge in [0.05, 0.1) is 48.2 Å². The summed E-state index contributed by atoms with van der Waals surface area (Å²) in [6.45, 7) is 3.34. The number of H-pyrrole nitrogens is 1. The minimum atomic E-state index is -0.666. The van der Waals surface area contributed by atoms with Gasteiger partial charge in [0.15, 0.2) is 0 Å². The summed E-state index contributed by atoms with van der Waals surface area (Å²) < 4.78 is 10.5. The molecule has 8 heteroatoms. The van der Waals surface area contributed by atoms with Crippen LogP contribution in [0.2, 0.25) is 0 Å². The van der Waals surface area contributed by atoms with E-state index in [2.05, 4.69) is 9.98 Å². The zero-order chi connectivity index (χ0) is 22.1. The van der Waals surface area contributed by atoms with Gasteiger partial charge in [-0.05, 0) is 43.7 Å². The lowest BCUT2D eigenvalue weighted by molar-refractivity contribution is -0.138. The molecule has 30 heavy (non-hydrogen) atoms. The number of nitriles is 2. The number of nitrogens with zero attached hydrogens (tertiary/aromatic N) is 3. The maximum atomic E-state index is 12.7. The zero-order valence-corrected chi connectivity index (χ0v) is 16.9. The molecule has 0 spiro atoms. The second-order valence-electron chi connectivity index (χ2n) is 6.23. The number of aromatic amines is 1. The van der Waals surface area contributed by atoms with Crippen molar-refractivity contribution in [3.63, 3.8) is 0 Å². The highest BCUT2D eigenvalue weighted by molar-refractivity contribution is 6.22. The lowest BCUT2D eigenvalue weighted by Crippen LogP contribution is -2.15. The van der Waals surface area contributed by atoms with Gasteiger partial charge in [-0.1, -0.05) is 0 Å². The third-order valence-corrected chi connectivity index (χ3v) is 4.11. The van der Waals surface area contributed by atoms with Crippen LogP contribution < -0.4 is 10.3 Å². The first-order chi connectivity index (χ1) is 14.4. The van der Waals surface area contributed by atoms with Gasteiger partial charge in [0.25, 0.3) is 0 Å². The molecule has 1 N–H and O–H groups in total. The molecule has 0 unspecified atom stereocenters. The van der Waals surface area contributed by atoms with E-state index in [-0.39, 0.29) is 24.2 Å². The zero-order valence-electron chi connectivity index (χ0n) is 16.9. The number of hydrogen-bond donors (Lipinski definition) is 1. The lowest BCUT2D eigenvalue weighted by Gasteiger charge is -2.10. The molecule has 0 fully saturated rings. The fourth-order valence-electron chi connectivity index (χ4n) is 2.53. The molecule has 0 saturated heterocycles. The minimum absolute atomic E-state index is 0.0581. The fraction of sp³-hybridized carbons (Fsp3) is 0.227. The number of carbonyl (C=O) groups excluding carboxylic acids is 1. The van der Waals surface area contributed by atoms with Gasteiger partial charge in [0.1, 0.15) is 12.4 Å². The predicted octanol–water partition coefficient (Wildman–Crippen LogP) is 3.20. The van der Waals surface area contributed by atoms with Crippen molar-refractivity contribution >= 4 is 23.4 Å². The molecule has 0 bridgehead atoms. The number of aliphatic imine (C=N–C) groups is 1. The van der Waals surface area contributed by atoms with Gasteiger partial charge in [0, 0.05) is 17.8 Å². The smallest absolute Gasteiger partial charge is 0.340 e. The number of pyridine rings is 1. The summed E-state index contributed by atoms with van der Waals surface area (Å²) in [5.74, 6) is -0.267. The second kappa shape index (κ2) is 10.4. The number of aryl methyl sites for hydroxylation is 1. The maximum absolute atomic E-state index is 12.7. The Morgan fingerprint density at radius 1 is 1.30 bits per heavy atom. The molecule has 0 amide bonds. The van der Waals surface area contributed by atoms with E-state index in [0.29, 0.717) is 28.3 Å². The first kappa shape index (κ1) is 22.1. The fourth-order valence-corrected chi connectivity index (χ4v) is 2.53. The number of esters is 1. The van der Waals surface area contributed by atoms with Crippen LogP contribution in [0.25, 0.3) is 6.08 Å². The molecule has 8 nitrogen and oxygen atoms in total. The molecular formula is C22H20N4O4. The highest BCUT2D eigenvalue weighted by atomic mass is 16.5. The molecule has 1 aromatic carbocycles. The van der Waals surface area contributed by atoms with Crippen LogP contribution >= 0.6 is 0 Å². The van der Waals surface area contributed by atoms with Crippen molar-refractivity contribution in [2.75, 3.05) is 13.7 Å². The van der Waals surface area contributed by atoms with Gasteiger partial charge in [0.2, 0.25) is 5.56 Å². The van der Waals surface area contributed by atoms with Crippen LogP contribution in [0.15, 0.2) is 45.8 Å². The number of rotatable bonds is 7. The Balaban J connectivity index is 2.56. The molecule has 1 heterocycles. The lowest BCUT2D eigenvalue weighted by atomic mass is 10.0. The predicted molar refractivity (Wildman–Crippen MR) is 111 cm³/mol. The van der Waals surface area contributed by atoms with Crippen molar-refractivity contribution in [2.45, 2.75) is 20.3 Å². The van der Waals surface area contributed by atoms with Gasteiger partial charge in [-0.2, -0.15) is 10.5 Å². The Labute approximate surface area is 173 Å². The van der Waals surface area contributed by atoms with E-state index < -0.39 is 5.97 Å². The third kappa shape index (κ3) is 5.66. The van der Waals surface area contributed by atoms with Crippen molar-refractivity contribution < 1.29 is 14.3 Å². The number of methoxy groups -OCH3 is 1. The average Bonchev–Trinajstić information content (AvgIpc) is 2.74. The summed E-state index contributed by atoms with van der Waals surface area (Å²) in [7, 11) is 1.46. The second-order valence-corrected chi connectivity index (χ2v) is 6.23. The summed E-state index contributed by atoms with van der Waals surface area (Å²) in [6, 6.07) is 10.1. The van der Waals surface area contributed by atoms with E-state index in [4.69, 9.17) is 20.0 Å². The Hall–Kier alpha value is -4.17. The molecule has 1 aromatic heterocycles. The molecule has 2 aromatic rings. The number of carbonyl (C=O) groups is 1. The van der Waals surface area contributed by atoms with E-state index in [0.717, 1.165) is 5.56 Å². The third-order valence-electron chi connectivity index (χ3n) is 4.11. The van der Waals surface area contributed by atoms with E-state index in [1.807, 2.05) is 12.1 Å². The topological polar surface area (TPSA) is 128 Å². The number of nitrogens with one attached hydrogen (secondary N) is 1. The van der Waals surface area contributed by atoms with Crippen LogP contribution in [-0.2, 0) is 9.53 Å². The highest BCUT2D eigenvalue weighted by Crippen LogP contribution is 2.24. The van der Waals surface area contributed by atoms with Gasteiger partial charge in [-0.15, -0.1) is 0 Å². The van der Waals surface area contributed by atoms with Crippen LogP contribution in [0.5, 0.6) is 5.75 Å². The van der Waals surface area contributed by atoms with Crippen molar-refractivity contribution in [1.29, 1.82) is 10.5 Å². The molecule has 0 aliphatic rings. The van der Waals surface area contributed by atoms with E-state index in [9.17, 15) is 9.59 Å². The normalized spacial score (nSPS) is 11.4. The van der Waals surface area contributed by atoms with Crippen molar-refractivity contribution in [3.05, 3.63) is 63.1 Å². The van der Waals surface area contributed by atoms with Gasteiger partial charge >= 0.3 is 5.97 Å². The molecule has 0 aliphatic carbocycles. The van der Waals surface area contributed by atoms with Gasteiger partial charge < -0.3 is 14.5 Å². The molecule has 0 saturated carbocycles. The van der Waals surface area contributed by atoms with Gasteiger partial charge in [-0.25, -0.2) is 4.79 Å². The molecular weight excluding hydrogens is 384 g/mol. The average molecular weight is 404 g/mol. The Kier molecular flexibility index (Phi) is 7.67. The standard InChI is InChI=1S/C22H20N4O4/c1-14-13-25-21(27)11-19(14)26-15(2)18(22(28)30-8-4-7-23)10-17-6-5-16(12-24)9-20(17)29-3/h5-6,9-11,13H,4,8H2,1-3H3,(H,25,27)/b18-10-,26-15?.